The molecular weight excluding hydrogens is 194 g/mol. The van der Waals surface area contributed by atoms with Gasteiger partial charge in [0.1, 0.15) is 5.75 Å². The van der Waals surface area contributed by atoms with E-state index in [9.17, 15) is 4.79 Å². The number of carbonyl (C=O) groups excluding carboxylic acids is 1. The lowest BCUT2D eigenvalue weighted by molar-refractivity contribution is 0.112. The molecule has 1 aromatic rings. The number of hydrogen-bond acceptors (Lipinski definition) is 4. The topological polar surface area (TPSA) is 66.8 Å². The van der Waals surface area contributed by atoms with Crippen molar-refractivity contribution < 1.29 is 19.5 Å². The van der Waals surface area contributed by atoms with E-state index in [0.717, 1.165) is 0 Å². The molecule has 2 N–H and O–H groups in total. The van der Waals surface area contributed by atoms with Gasteiger partial charge in [-0.2, -0.15) is 0 Å². The van der Waals surface area contributed by atoms with Gasteiger partial charge in [-0.15, -0.1) is 12.4 Å². The first kappa shape index (κ1) is 12.0. The van der Waals surface area contributed by atoms with Crippen molar-refractivity contribution in [2.45, 2.75) is 0 Å². The zero-order chi connectivity index (χ0) is 8.97. The first-order valence-electron chi connectivity index (χ1n) is 3.31. The number of hydrogen-bond donors (Lipinski definition) is 2. The first-order chi connectivity index (χ1) is 5.74. The standard InChI is InChI=1S/C7H7BO4.ClH/c9-5-6-3-1-2-4-7(6)12-8(10)11;/h1-5,10-11H;1H. The minimum Gasteiger partial charge on any atom is -0.511 e. The van der Waals surface area contributed by atoms with Crippen LogP contribution in [0.25, 0.3) is 0 Å². The third-order valence-corrected chi connectivity index (χ3v) is 1.28. The summed E-state index contributed by atoms with van der Waals surface area (Å²) in [7, 11) is -1.90. The van der Waals surface area contributed by atoms with E-state index in [-0.39, 0.29) is 23.7 Å². The van der Waals surface area contributed by atoms with E-state index >= 15 is 0 Å². The normalized spacial score (nSPS) is 8.46. The van der Waals surface area contributed by atoms with Crippen molar-refractivity contribution >= 4 is 26.0 Å². The van der Waals surface area contributed by atoms with Gasteiger partial charge in [0, 0.05) is 0 Å². The molecule has 0 aromatic heterocycles. The Labute approximate surface area is 81.7 Å². The van der Waals surface area contributed by atoms with Gasteiger partial charge in [0.25, 0.3) is 0 Å². The molecule has 4 nitrogen and oxygen atoms in total. The van der Waals surface area contributed by atoms with Gasteiger partial charge in [0.05, 0.1) is 5.56 Å². The molecule has 0 spiro atoms. The van der Waals surface area contributed by atoms with Crippen LogP contribution in [0, 0.1) is 0 Å². The lowest BCUT2D eigenvalue weighted by Crippen LogP contribution is -2.21. The summed E-state index contributed by atoms with van der Waals surface area (Å²) >= 11 is 0. The van der Waals surface area contributed by atoms with Gasteiger partial charge in [0.15, 0.2) is 6.29 Å². The zero-order valence-electron chi connectivity index (χ0n) is 6.58. The van der Waals surface area contributed by atoms with Crippen molar-refractivity contribution in [3.05, 3.63) is 29.8 Å². The van der Waals surface area contributed by atoms with Crippen LogP contribution >= 0.6 is 12.4 Å². The van der Waals surface area contributed by atoms with Crippen LogP contribution < -0.4 is 4.65 Å². The smallest absolute Gasteiger partial charge is 0.511 e. The SMILES string of the molecule is Cl.O=Cc1ccccc1OB(O)O. The number of benzene rings is 1. The molecule has 0 saturated carbocycles. The summed E-state index contributed by atoms with van der Waals surface area (Å²) in [4.78, 5) is 10.4. The summed E-state index contributed by atoms with van der Waals surface area (Å²) in [5.74, 6) is 0.155. The summed E-state index contributed by atoms with van der Waals surface area (Å²) in [6.45, 7) is 0. The van der Waals surface area contributed by atoms with Crippen molar-refractivity contribution in [2.75, 3.05) is 0 Å². The molecule has 0 heterocycles. The van der Waals surface area contributed by atoms with Crippen molar-refractivity contribution in [1.82, 2.24) is 0 Å². The minimum absolute atomic E-state index is 0. The molecule has 0 saturated heterocycles. The van der Waals surface area contributed by atoms with Gasteiger partial charge in [0.2, 0.25) is 0 Å². The summed E-state index contributed by atoms with van der Waals surface area (Å²) in [6, 6.07) is 6.28. The molecule has 1 aromatic carbocycles. The Bertz CT molecular complexity index is 279. The van der Waals surface area contributed by atoms with E-state index in [1.807, 2.05) is 0 Å². The molecule has 0 aliphatic heterocycles. The van der Waals surface area contributed by atoms with E-state index in [0.29, 0.717) is 6.29 Å². The number of para-hydroxylation sites is 1. The number of aldehydes is 1. The van der Waals surface area contributed by atoms with E-state index < -0.39 is 7.32 Å². The molecule has 0 unspecified atom stereocenters. The van der Waals surface area contributed by atoms with E-state index in [4.69, 9.17) is 10.0 Å². The van der Waals surface area contributed by atoms with E-state index in [1.54, 1.807) is 12.1 Å². The Hall–Kier alpha value is -1.04. The maximum absolute atomic E-state index is 10.4. The van der Waals surface area contributed by atoms with Gasteiger partial charge in [-0.1, -0.05) is 12.1 Å². The third kappa shape index (κ3) is 3.46. The van der Waals surface area contributed by atoms with Crippen LogP contribution in [0.5, 0.6) is 5.75 Å². The average Bonchev–Trinajstić information content (AvgIpc) is 2.04. The highest BCUT2D eigenvalue weighted by Gasteiger charge is 2.12. The molecular formula is C7H8BClO4. The lowest BCUT2D eigenvalue weighted by atomic mass is 10.2. The summed E-state index contributed by atoms with van der Waals surface area (Å²) in [6.07, 6.45) is 0.581. The van der Waals surface area contributed by atoms with Gasteiger partial charge >= 0.3 is 7.32 Å². The van der Waals surface area contributed by atoms with Crippen LogP contribution in [0.3, 0.4) is 0 Å². The first-order valence-corrected chi connectivity index (χ1v) is 3.31. The minimum atomic E-state index is -1.90. The summed E-state index contributed by atoms with van der Waals surface area (Å²) < 4.78 is 4.52. The quantitative estimate of drug-likeness (QED) is 0.545. The molecule has 0 bridgehead atoms. The van der Waals surface area contributed by atoms with Gasteiger partial charge in [-0.3, -0.25) is 4.79 Å². The lowest BCUT2D eigenvalue weighted by Gasteiger charge is -2.05. The second-order valence-corrected chi connectivity index (χ2v) is 2.10. The largest absolute Gasteiger partial charge is 0.707 e. The monoisotopic (exact) mass is 202 g/mol. The predicted octanol–water partition coefficient (Wildman–Crippen LogP) is 0.269. The van der Waals surface area contributed by atoms with Crippen LogP contribution in [0.2, 0.25) is 0 Å². The molecule has 13 heavy (non-hydrogen) atoms. The number of halogens is 1. The Balaban J connectivity index is 0.00000144. The molecule has 1 rings (SSSR count). The average molecular weight is 202 g/mol. The van der Waals surface area contributed by atoms with E-state index in [1.165, 1.54) is 12.1 Å². The van der Waals surface area contributed by atoms with Gasteiger partial charge < -0.3 is 14.7 Å². The molecule has 0 aliphatic carbocycles. The van der Waals surface area contributed by atoms with Crippen LogP contribution in [0.4, 0.5) is 0 Å². The van der Waals surface area contributed by atoms with Crippen LogP contribution in [0.15, 0.2) is 24.3 Å². The second kappa shape index (κ2) is 5.58. The van der Waals surface area contributed by atoms with Crippen LogP contribution in [0.1, 0.15) is 10.4 Å². The Kier molecular flexibility index (Phi) is 5.14. The molecule has 0 fully saturated rings. The molecule has 0 aliphatic rings. The van der Waals surface area contributed by atoms with Crippen LogP contribution in [-0.2, 0) is 0 Å². The second-order valence-electron chi connectivity index (χ2n) is 2.10. The highest BCUT2D eigenvalue weighted by atomic mass is 35.5. The van der Waals surface area contributed by atoms with Crippen molar-refractivity contribution in [2.24, 2.45) is 0 Å². The number of carbonyl (C=O) groups is 1. The Morgan fingerprint density at radius 1 is 1.31 bits per heavy atom. The maximum Gasteiger partial charge on any atom is 0.707 e. The molecule has 0 amide bonds. The zero-order valence-corrected chi connectivity index (χ0v) is 7.40. The van der Waals surface area contributed by atoms with Crippen molar-refractivity contribution in [1.29, 1.82) is 0 Å². The molecule has 0 atom stereocenters. The highest BCUT2D eigenvalue weighted by Crippen LogP contribution is 2.15. The summed E-state index contributed by atoms with van der Waals surface area (Å²) in [5, 5.41) is 16.9. The predicted molar refractivity (Wildman–Crippen MR) is 49.9 cm³/mol. The Morgan fingerprint density at radius 3 is 2.46 bits per heavy atom. The highest BCUT2D eigenvalue weighted by molar-refractivity contribution is 6.33. The Morgan fingerprint density at radius 2 is 1.92 bits per heavy atom. The van der Waals surface area contributed by atoms with Crippen molar-refractivity contribution in [3.63, 3.8) is 0 Å². The fourth-order valence-corrected chi connectivity index (χ4v) is 0.799. The van der Waals surface area contributed by atoms with Crippen LogP contribution in [-0.4, -0.2) is 23.7 Å². The molecule has 70 valence electrons. The van der Waals surface area contributed by atoms with Gasteiger partial charge in [-0.25, -0.2) is 0 Å². The van der Waals surface area contributed by atoms with E-state index in [2.05, 4.69) is 4.65 Å². The fourth-order valence-electron chi connectivity index (χ4n) is 0.799. The van der Waals surface area contributed by atoms with Crippen molar-refractivity contribution in [3.8, 4) is 5.75 Å². The summed E-state index contributed by atoms with van der Waals surface area (Å²) in [5.41, 5.74) is 0.283. The molecule has 0 radical (unpaired) electrons. The van der Waals surface area contributed by atoms with Gasteiger partial charge in [-0.05, 0) is 12.1 Å². The molecule has 6 heteroatoms. The maximum atomic E-state index is 10.4. The third-order valence-electron chi connectivity index (χ3n) is 1.28. The number of rotatable bonds is 3. The fraction of sp³-hybridized carbons (Fsp3) is 0.